The van der Waals surface area contributed by atoms with E-state index in [4.69, 9.17) is 5.73 Å². The molecule has 0 spiro atoms. The Labute approximate surface area is 137 Å². The molecule has 21 heavy (non-hydrogen) atoms. The van der Waals surface area contributed by atoms with Crippen LogP contribution in [0.3, 0.4) is 0 Å². The van der Waals surface area contributed by atoms with Crippen LogP contribution in [0.15, 0.2) is 22.7 Å². The highest BCUT2D eigenvalue weighted by Gasteiger charge is 2.40. The predicted octanol–water partition coefficient (Wildman–Crippen LogP) is 3.26. The molecule has 0 aliphatic heterocycles. The number of benzene rings is 1. The molecule has 0 bridgehead atoms. The third-order valence-corrected chi connectivity index (χ3v) is 5.38. The molecule has 4 heteroatoms. The maximum absolute atomic E-state index is 5.88. The first-order valence-electron chi connectivity index (χ1n) is 7.77. The van der Waals surface area contributed by atoms with Crippen LogP contribution in [-0.4, -0.2) is 44.2 Å². The van der Waals surface area contributed by atoms with Gasteiger partial charge in [0.2, 0.25) is 0 Å². The number of rotatable bonds is 6. The average molecular weight is 354 g/mol. The summed E-state index contributed by atoms with van der Waals surface area (Å²) in [4.78, 5) is 4.77. The number of likely N-dealkylation sites (N-methyl/N-ethyl adjacent to an activating group) is 2. The largest absolute Gasteiger partial charge is 0.372 e. The van der Waals surface area contributed by atoms with Crippen molar-refractivity contribution in [3.05, 3.63) is 28.2 Å². The summed E-state index contributed by atoms with van der Waals surface area (Å²) < 4.78 is 1.16. The van der Waals surface area contributed by atoms with Crippen LogP contribution in [0, 0.1) is 0 Å². The minimum atomic E-state index is 0.201. The number of anilines is 1. The van der Waals surface area contributed by atoms with Crippen LogP contribution in [0.4, 0.5) is 5.69 Å². The second-order valence-electron chi connectivity index (χ2n) is 6.80. The van der Waals surface area contributed by atoms with Crippen molar-refractivity contribution in [2.24, 2.45) is 5.73 Å². The topological polar surface area (TPSA) is 32.5 Å². The van der Waals surface area contributed by atoms with Gasteiger partial charge in [0.15, 0.2) is 0 Å². The van der Waals surface area contributed by atoms with Gasteiger partial charge in [-0.25, -0.2) is 0 Å². The summed E-state index contributed by atoms with van der Waals surface area (Å²) in [6.07, 6.45) is 4.86. The van der Waals surface area contributed by atoms with E-state index in [1.807, 2.05) is 6.92 Å². The van der Waals surface area contributed by atoms with E-state index in [0.717, 1.165) is 17.4 Å². The van der Waals surface area contributed by atoms with Gasteiger partial charge in [0.05, 0.1) is 5.69 Å². The molecule has 1 unspecified atom stereocenters. The molecule has 1 aliphatic rings. The van der Waals surface area contributed by atoms with Crippen LogP contribution in [0.1, 0.15) is 31.7 Å². The Balaban J connectivity index is 2.10. The minimum Gasteiger partial charge on any atom is -0.372 e. The molecular weight excluding hydrogens is 326 g/mol. The summed E-state index contributed by atoms with van der Waals surface area (Å²) in [5, 5.41) is 0. The molecule has 0 heterocycles. The second kappa shape index (κ2) is 6.67. The number of hydrogen-bond acceptors (Lipinski definition) is 3. The van der Waals surface area contributed by atoms with Crippen molar-refractivity contribution in [2.45, 2.75) is 44.2 Å². The smallest absolute Gasteiger partial charge is 0.0508 e. The van der Waals surface area contributed by atoms with Gasteiger partial charge in [0, 0.05) is 29.6 Å². The third kappa shape index (κ3) is 3.79. The van der Waals surface area contributed by atoms with Crippen molar-refractivity contribution in [3.8, 4) is 0 Å². The van der Waals surface area contributed by atoms with Gasteiger partial charge in [-0.3, -0.25) is 0 Å². The monoisotopic (exact) mass is 353 g/mol. The van der Waals surface area contributed by atoms with E-state index in [2.05, 4.69) is 65.1 Å². The Morgan fingerprint density at radius 1 is 1.29 bits per heavy atom. The fourth-order valence-electron chi connectivity index (χ4n) is 3.22. The number of halogens is 1. The van der Waals surface area contributed by atoms with Crippen LogP contribution in [-0.2, 0) is 6.42 Å². The van der Waals surface area contributed by atoms with Crippen LogP contribution >= 0.6 is 15.9 Å². The molecular formula is C17H28BrN3. The van der Waals surface area contributed by atoms with Crippen molar-refractivity contribution >= 4 is 21.6 Å². The fraction of sp³-hybridized carbons (Fsp3) is 0.647. The molecule has 0 amide bonds. The Bertz CT molecular complexity index is 481. The molecule has 118 valence electrons. The van der Waals surface area contributed by atoms with Gasteiger partial charge in [-0.1, -0.05) is 6.07 Å². The maximum Gasteiger partial charge on any atom is 0.0508 e. The fourth-order valence-corrected chi connectivity index (χ4v) is 3.95. The summed E-state index contributed by atoms with van der Waals surface area (Å²) in [6.45, 7) is 3.12. The van der Waals surface area contributed by atoms with E-state index in [9.17, 15) is 0 Å². The molecule has 2 N–H and O–H groups in total. The average Bonchev–Trinajstić information content (AvgIpc) is 2.32. The highest BCUT2D eigenvalue weighted by Crippen LogP contribution is 2.38. The molecule has 2 rings (SSSR count). The van der Waals surface area contributed by atoms with E-state index in [-0.39, 0.29) is 6.04 Å². The molecule has 1 aromatic carbocycles. The molecule has 3 nitrogen and oxygen atoms in total. The zero-order valence-electron chi connectivity index (χ0n) is 13.7. The first-order valence-corrected chi connectivity index (χ1v) is 8.56. The number of nitrogens with zero attached hydrogens (tertiary/aromatic N) is 2. The van der Waals surface area contributed by atoms with Gasteiger partial charge in [-0.2, -0.15) is 0 Å². The lowest BCUT2D eigenvalue weighted by Crippen LogP contribution is -2.56. The van der Waals surface area contributed by atoms with E-state index in [1.54, 1.807) is 0 Å². The SMILES string of the molecule is CC(N)Cc1ccc(N(C)CC2(N(C)C)CCC2)c(Br)c1. The van der Waals surface area contributed by atoms with Gasteiger partial charge in [0.1, 0.15) is 0 Å². The van der Waals surface area contributed by atoms with E-state index < -0.39 is 0 Å². The molecule has 1 atom stereocenters. The minimum absolute atomic E-state index is 0.201. The van der Waals surface area contributed by atoms with Crippen LogP contribution in [0.25, 0.3) is 0 Å². The van der Waals surface area contributed by atoms with Crippen molar-refractivity contribution < 1.29 is 0 Å². The van der Waals surface area contributed by atoms with Gasteiger partial charge in [0.25, 0.3) is 0 Å². The van der Waals surface area contributed by atoms with Crippen LogP contribution < -0.4 is 10.6 Å². The number of nitrogens with two attached hydrogens (primary N) is 1. The van der Waals surface area contributed by atoms with E-state index in [1.165, 1.54) is 30.5 Å². The Morgan fingerprint density at radius 2 is 1.95 bits per heavy atom. The normalized spacial score (nSPS) is 18.4. The van der Waals surface area contributed by atoms with E-state index in [0.29, 0.717) is 5.54 Å². The van der Waals surface area contributed by atoms with Gasteiger partial charge < -0.3 is 15.5 Å². The standard InChI is InChI=1S/C17H28BrN3/c1-13(19)10-14-6-7-16(15(18)11-14)21(4)12-17(20(2)3)8-5-9-17/h6-7,11,13H,5,8-10,12,19H2,1-4H3. The summed E-state index contributed by atoms with van der Waals surface area (Å²) >= 11 is 3.73. The quantitative estimate of drug-likeness (QED) is 0.851. The summed E-state index contributed by atoms with van der Waals surface area (Å²) in [5.41, 5.74) is 8.78. The summed E-state index contributed by atoms with van der Waals surface area (Å²) in [7, 11) is 6.59. The molecule has 0 aromatic heterocycles. The van der Waals surface area contributed by atoms with Gasteiger partial charge in [-0.05, 0) is 80.3 Å². The summed E-state index contributed by atoms with van der Waals surface area (Å²) in [6, 6.07) is 6.82. The second-order valence-corrected chi connectivity index (χ2v) is 7.65. The van der Waals surface area contributed by atoms with Crippen molar-refractivity contribution in [2.75, 3.05) is 32.6 Å². The molecule has 1 saturated carbocycles. The first-order chi connectivity index (χ1) is 9.84. The molecule has 1 fully saturated rings. The first kappa shape index (κ1) is 16.8. The molecule has 0 radical (unpaired) electrons. The van der Waals surface area contributed by atoms with Crippen molar-refractivity contribution in [1.82, 2.24) is 4.90 Å². The number of hydrogen-bond donors (Lipinski definition) is 1. The molecule has 0 saturated heterocycles. The Kier molecular flexibility index (Phi) is 5.33. The van der Waals surface area contributed by atoms with Crippen molar-refractivity contribution in [1.29, 1.82) is 0 Å². The van der Waals surface area contributed by atoms with Crippen LogP contribution in [0.2, 0.25) is 0 Å². The summed E-state index contributed by atoms with van der Waals surface area (Å²) in [5.74, 6) is 0. The molecule has 1 aliphatic carbocycles. The lowest BCUT2D eigenvalue weighted by molar-refractivity contribution is 0.0683. The Morgan fingerprint density at radius 3 is 2.38 bits per heavy atom. The molecule has 1 aromatic rings. The van der Waals surface area contributed by atoms with E-state index >= 15 is 0 Å². The predicted molar refractivity (Wildman–Crippen MR) is 95.0 cm³/mol. The van der Waals surface area contributed by atoms with Gasteiger partial charge in [-0.15, -0.1) is 0 Å². The highest BCUT2D eigenvalue weighted by atomic mass is 79.9. The Hall–Kier alpha value is -0.580. The van der Waals surface area contributed by atoms with Gasteiger partial charge >= 0.3 is 0 Å². The third-order valence-electron chi connectivity index (χ3n) is 4.75. The van der Waals surface area contributed by atoms with Crippen LogP contribution in [0.5, 0.6) is 0 Å². The highest BCUT2D eigenvalue weighted by molar-refractivity contribution is 9.10. The lowest BCUT2D eigenvalue weighted by atomic mass is 9.75. The lowest BCUT2D eigenvalue weighted by Gasteiger charge is -2.49. The zero-order valence-corrected chi connectivity index (χ0v) is 15.3. The van der Waals surface area contributed by atoms with Crippen molar-refractivity contribution in [3.63, 3.8) is 0 Å². The maximum atomic E-state index is 5.88. The zero-order chi connectivity index (χ0) is 15.6.